The summed E-state index contributed by atoms with van der Waals surface area (Å²) >= 11 is 0. The van der Waals surface area contributed by atoms with Gasteiger partial charge in [-0.1, -0.05) is 182 Å². The Kier molecular flexibility index (Phi) is 8.21. The van der Waals surface area contributed by atoms with E-state index < -0.39 is 0 Å². The lowest BCUT2D eigenvalue weighted by atomic mass is 9.86. The van der Waals surface area contributed by atoms with Crippen LogP contribution in [0.4, 0.5) is 0 Å². The summed E-state index contributed by atoms with van der Waals surface area (Å²) in [4.78, 5) is 5.27. The maximum absolute atomic E-state index is 5.27. The topological polar surface area (TPSA) is 60.5 Å². The number of benzene rings is 8. The van der Waals surface area contributed by atoms with Crippen LogP contribution >= 0.6 is 0 Å². The number of nitrogens with one attached hydrogen (secondary N) is 4. The van der Waals surface area contributed by atoms with E-state index >= 15 is 0 Å². The third-order valence-corrected chi connectivity index (χ3v) is 10.8. The second-order valence-electron chi connectivity index (χ2n) is 14.1. The van der Waals surface area contributed by atoms with Crippen molar-refractivity contribution in [2.75, 3.05) is 0 Å². The number of aliphatic imine (C=N–C) groups is 1. The molecule has 2 heterocycles. The van der Waals surface area contributed by atoms with Crippen LogP contribution in [0.3, 0.4) is 0 Å². The van der Waals surface area contributed by atoms with Crippen molar-refractivity contribution in [1.29, 1.82) is 0 Å². The molecule has 8 aromatic carbocycles. The maximum Gasteiger partial charge on any atom is 0.131 e. The van der Waals surface area contributed by atoms with Gasteiger partial charge < -0.3 is 10.6 Å². The Morgan fingerprint density at radius 1 is 0.407 bits per heavy atom. The van der Waals surface area contributed by atoms with Crippen LogP contribution in [-0.4, -0.2) is 5.84 Å². The highest BCUT2D eigenvalue weighted by molar-refractivity contribution is 6.11. The Morgan fingerprint density at radius 2 is 0.926 bits per heavy atom. The molecule has 5 nitrogen and oxygen atoms in total. The molecule has 5 heteroatoms. The van der Waals surface area contributed by atoms with Gasteiger partial charge in [-0.25, -0.2) is 4.99 Å². The largest absolute Gasteiger partial charge is 0.366 e. The minimum absolute atomic E-state index is 0.0681. The second kappa shape index (κ2) is 13.8. The van der Waals surface area contributed by atoms with E-state index in [1.807, 2.05) is 0 Å². The Balaban J connectivity index is 1.20. The van der Waals surface area contributed by atoms with E-state index in [2.05, 4.69) is 209 Å². The lowest BCUT2D eigenvalue weighted by molar-refractivity contribution is 0.396. The molecule has 4 atom stereocenters. The van der Waals surface area contributed by atoms with Gasteiger partial charge in [-0.15, -0.1) is 0 Å². The summed E-state index contributed by atoms with van der Waals surface area (Å²) in [5, 5.41) is 23.3. The van der Waals surface area contributed by atoms with Gasteiger partial charge in [0.15, 0.2) is 0 Å². The molecule has 0 radical (unpaired) electrons. The molecule has 0 bridgehead atoms. The van der Waals surface area contributed by atoms with Crippen LogP contribution in [0, 0.1) is 0 Å². The lowest BCUT2D eigenvalue weighted by Crippen LogP contribution is -2.47. The molecule has 2 aliphatic rings. The fraction of sp³-hybridized carbons (Fsp3) is 0.0816. The fourth-order valence-corrected chi connectivity index (χ4v) is 8.37. The van der Waals surface area contributed by atoms with Crippen molar-refractivity contribution < 1.29 is 0 Å². The maximum atomic E-state index is 5.27. The molecule has 0 spiro atoms. The average Bonchev–Trinajstić information content (AvgIpc) is 3.26. The fourth-order valence-electron chi connectivity index (χ4n) is 8.37. The minimum atomic E-state index is -0.280. The normalized spacial score (nSPS) is 19.9. The van der Waals surface area contributed by atoms with Gasteiger partial charge in [-0.05, 0) is 55.1 Å². The number of amidine groups is 1. The van der Waals surface area contributed by atoms with Crippen LogP contribution in [0.2, 0.25) is 0 Å². The highest BCUT2D eigenvalue weighted by Gasteiger charge is 2.34. The zero-order valence-electron chi connectivity index (χ0n) is 29.7. The van der Waals surface area contributed by atoms with Crippen LogP contribution in [0.5, 0.6) is 0 Å². The predicted molar refractivity (Wildman–Crippen MR) is 223 cm³/mol. The molecule has 0 aliphatic carbocycles. The first-order chi connectivity index (χ1) is 26.8. The number of hydrogen-bond donors (Lipinski definition) is 4. The summed E-state index contributed by atoms with van der Waals surface area (Å²) in [5.74, 6) is 0.861. The number of fused-ring (bicyclic) bond motifs is 4. The van der Waals surface area contributed by atoms with E-state index in [1.165, 1.54) is 49.0 Å². The molecular formula is C49H39N5. The van der Waals surface area contributed by atoms with Gasteiger partial charge in [0, 0.05) is 22.4 Å². The van der Waals surface area contributed by atoms with Crippen LogP contribution < -0.4 is 21.3 Å². The van der Waals surface area contributed by atoms with Crippen LogP contribution in [0.25, 0.3) is 38.0 Å². The van der Waals surface area contributed by atoms with Gasteiger partial charge in [0.2, 0.25) is 0 Å². The lowest BCUT2D eigenvalue weighted by Gasteiger charge is -2.39. The number of nitrogens with zero attached hydrogens (tertiary/aromatic N) is 1. The third-order valence-electron chi connectivity index (χ3n) is 10.8. The van der Waals surface area contributed by atoms with E-state index in [0.29, 0.717) is 0 Å². The van der Waals surface area contributed by atoms with E-state index in [0.717, 1.165) is 28.2 Å². The van der Waals surface area contributed by atoms with Crippen molar-refractivity contribution in [3.05, 3.63) is 221 Å². The highest BCUT2D eigenvalue weighted by Crippen LogP contribution is 2.43. The van der Waals surface area contributed by atoms with Gasteiger partial charge in [-0.3, -0.25) is 10.6 Å². The molecule has 0 saturated carbocycles. The molecule has 54 heavy (non-hydrogen) atoms. The first kappa shape index (κ1) is 32.1. The Bertz CT molecular complexity index is 2680. The summed E-state index contributed by atoms with van der Waals surface area (Å²) in [7, 11) is 0. The van der Waals surface area contributed by atoms with Gasteiger partial charge in [0.1, 0.15) is 24.3 Å². The highest BCUT2D eigenvalue weighted by atomic mass is 15.3. The van der Waals surface area contributed by atoms with Crippen LogP contribution in [0.1, 0.15) is 57.9 Å². The summed E-state index contributed by atoms with van der Waals surface area (Å²) in [5.41, 5.74) is 8.04. The Hall–Kier alpha value is -6.53. The standard InChI is InChI=1S/C49H39N5/c1-4-18-33(19-5-1)42-31-43(39-30-16-24-32-17-10-11-25-36(32)39)51-48(50-42)44-40-28-14-12-26-37(40)38-27-13-15-29-41(38)45(44)49-53-46(34-20-6-2-7-21-34)52-47(54-49)35-22-8-3-9-23-35/h1-31,43,46,48-51,53H,(H,52,54). The first-order valence-corrected chi connectivity index (χ1v) is 18.7. The average molecular weight is 698 g/mol. The summed E-state index contributed by atoms with van der Waals surface area (Å²) in [6, 6.07) is 64.6. The zero-order valence-corrected chi connectivity index (χ0v) is 29.7. The zero-order chi connectivity index (χ0) is 35.8. The number of hydrogen-bond acceptors (Lipinski definition) is 5. The first-order valence-electron chi connectivity index (χ1n) is 18.7. The third kappa shape index (κ3) is 5.80. The monoisotopic (exact) mass is 697 g/mol. The Labute approximate surface area is 315 Å². The SMILES string of the molecule is C1=C(c2ccccc2)NC(c2c(C3NC(c4ccccc4)=NC(c4ccccc4)N3)c3ccccc3c3ccccc23)NC1c1cccc2ccccc12. The molecule has 10 rings (SSSR count). The minimum Gasteiger partial charge on any atom is -0.366 e. The molecule has 0 fully saturated rings. The molecule has 260 valence electrons. The molecule has 0 amide bonds. The van der Waals surface area contributed by atoms with Crippen LogP contribution in [-0.2, 0) is 0 Å². The summed E-state index contributed by atoms with van der Waals surface area (Å²) in [6.07, 6.45) is 1.55. The smallest absolute Gasteiger partial charge is 0.131 e. The van der Waals surface area contributed by atoms with E-state index in [4.69, 9.17) is 4.99 Å². The number of rotatable bonds is 6. The van der Waals surface area contributed by atoms with E-state index in [9.17, 15) is 0 Å². The van der Waals surface area contributed by atoms with Gasteiger partial charge in [-0.2, -0.15) is 0 Å². The van der Waals surface area contributed by atoms with Crippen molar-refractivity contribution >= 4 is 43.9 Å². The quantitative estimate of drug-likeness (QED) is 0.131. The van der Waals surface area contributed by atoms with Crippen molar-refractivity contribution in [3.8, 4) is 0 Å². The van der Waals surface area contributed by atoms with Gasteiger partial charge >= 0.3 is 0 Å². The summed E-state index contributed by atoms with van der Waals surface area (Å²) < 4.78 is 0. The Morgan fingerprint density at radius 3 is 1.59 bits per heavy atom. The molecule has 4 unspecified atom stereocenters. The second-order valence-corrected chi connectivity index (χ2v) is 14.1. The molecule has 8 aromatic rings. The molecular weight excluding hydrogens is 659 g/mol. The van der Waals surface area contributed by atoms with Gasteiger partial charge in [0.05, 0.1) is 6.04 Å². The predicted octanol–water partition coefficient (Wildman–Crippen LogP) is 10.5. The summed E-state index contributed by atoms with van der Waals surface area (Å²) in [6.45, 7) is 0. The van der Waals surface area contributed by atoms with Crippen molar-refractivity contribution in [2.24, 2.45) is 4.99 Å². The van der Waals surface area contributed by atoms with Crippen molar-refractivity contribution in [2.45, 2.75) is 24.5 Å². The van der Waals surface area contributed by atoms with Crippen LogP contribution in [0.15, 0.2) is 193 Å². The van der Waals surface area contributed by atoms with Crippen molar-refractivity contribution in [3.63, 3.8) is 0 Å². The van der Waals surface area contributed by atoms with E-state index in [-0.39, 0.29) is 24.5 Å². The van der Waals surface area contributed by atoms with Gasteiger partial charge in [0.25, 0.3) is 0 Å². The molecule has 2 aliphatic heterocycles. The molecule has 4 N–H and O–H groups in total. The van der Waals surface area contributed by atoms with E-state index in [1.54, 1.807) is 0 Å². The molecule has 0 saturated heterocycles. The molecule has 0 aromatic heterocycles. The van der Waals surface area contributed by atoms with Crippen molar-refractivity contribution in [1.82, 2.24) is 21.3 Å².